The van der Waals surface area contributed by atoms with E-state index in [1.54, 1.807) is 42.5 Å². The number of nitrogens with one attached hydrogen (secondary N) is 1. The molecular weight excluding hydrogens is 292 g/mol. The summed E-state index contributed by atoms with van der Waals surface area (Å²) in [5.41, 5.74) is 2.08. The largest absolute Gasteiger partial charge is 0.333 e. The van der Waals surface area contributed by atoms with Crippen molar-refractivity contribution in [3.05, 3.63) is 48.0 Å². The van der Waals surface area contributed by atoms with Crippen LogP contribution in [0.5, 0.6) is 0 Å². The molecule has 3 rings (SSSR count). The fraction of sp³-hybridized carbons (Fsp3) is 0.0714. The summed E-state index contributed by atoms with van der Waals surface area (Å²) in [5.74, 6) is 0. The summed E-state index contributed by atoms with van der Waals surface area (Å²) < 4.78 is 25.4. The van der Waals surface area contributed by atoms with Crippen LogP contribution in [0.25, 0.3) is 11.0 Å². The van der Waals surface area contributed by atoms with Crippen LogP contribution in [0.2, 0.25) is 0 Å². The number of aryl methyl sites for hydroxylation is 1. The molecule has 0 unspecified atom stereocenters. The molecule has 0 aliphatic carbocycles. The Labute approximate surface area is 122 Å². The van der Waals surface area contributed by atoms with Gasteiger partial charge in [0.2, 0.25) is 9.84 Å². The highest BCUT2D eigenvalue weighted by Gasteiger charge is 2.21. The molecule has 20 heavy (non-hydrogen) atoms. The number of nitrogens with zero attached hydrogens (tertiary/aromatic N) is 1. The van der Waals surface area contributed by atoms with Gasteiger partial charge in [0.1, 0.15) is 5.52 Å². The number of thiol groups is 1. The molecule has 1 heterocycles. The van der Waals surface area contributed by atoms with Gasteiger partial charge < -0.3 is 4.98 Å². The van der Waals surface area contributed by atoms with E-state index < -0.39 is 9.84 Å². The first kappa shape index (κ1) is 13.2. The van der Waals surface area contributed by atoms with Crippen molar-refractivity contribution < 1.29 is 8.42 Å². The van der Waals surface area contributed by atoms with Crippen molar-refractivity contribution in [1.82, 2.24) is 9.97 Å². The second-order valence-corrected chi connectivity index (χ2v) is 6.87. The number of fused-ring (bicyclic) bond motifs is 1. The Morgan fingerprint density at radius 1 is 1.10 bits per heavy atom. The standard InChI is InChI=1S/C14H12N2O2S2/c1-9-5-7-10(8-6-9)20(17,18)12-4-2-3-11-13(12)16-14(19)15-11/h2-8H,1H3,(H2,15,16,19). The lowest BCUT2D eigenvalue weighted by molar-refractivity contribution is 0.597. The second-order valence-electron chi connectivity index (χ2n) is 4.53. The number of H-pyrrole nitrogens is 1. The third kappa shape index (κ3) is 2.10. The van der Waals surface area contributed by atoms with Gasteiger partial charge in [0.15, 0.2) is 5.16 Å². The lowest BCUT2D eigenvalue weighted by Gasteiger charge is -2.05. The maximum absolute atomic E-state index is 12.7. The molecule has 102 valence electrons. The van der Waals surface area contributed by atoms with Crippen molar-refractivity contribution in [3.8, 4) is 0 Å². The summed E-state index contributed by atoms with van der Waals surface area (Å²) in [6.45, 7) is 1.91. The van der Waals surface area contributed by atoms with Crippen molar-refractivity contribution in [2.24, 2.45) is 0 Å². The summed E-state index contributed by atoms with van der Waals surface area (Å²) in [6, 6.07) is 11.8. The van der Waals surface area contributed by atoms with E-state index in [-0.39, 0.29) is 9.79 Å². The molecule has 0 amide bonds. The average Bonchev–Trinajstić information content (AvgIpc) is 2.78. The van der Waals surface area contributed by atoms with E-state index >= 15 is 0 Å². The first-order valence-electron chi connectivity index (χ1n) is 5.98. The van der Waals surface area contributed by atoms with Crippen LogP contribution in [-0.2, 0) is 9.84 Å². The van der Waals surface area contributed by atoms with E-state index in [1.807, 2.05) is 6.92 Å². The van der Waals surface area contributed by atoms with Crippen LogP contribution in [0.15, 0.2) is 57.4 Å². The van der Waals surface area contributed by atoms with E-state index in [0.29, 0.717) is 16.2 Å². The number of imidazole rings is 1. The van der Waals surface area contributed by atoms with Crippen LogP contribution in [0, 0.1) is 6.92 Å². The van der Waals surface area contributed by atoms with Gasteiger partial charge >= 0.3 is 0 Å². The topological polar surface area (TPSA) is 62.8 Å². The predicted molar refractivity (Wildman–Crippen MR) is 80.0 cm³/mol. The highest BCUT2D eigenvalue weighted by Crippen LogP contribution is 2.27. The normalized spacial score (nSPS) is 11.9. The van der Waals surface area contributed by atoms with E-state index in [1.165, 1.54) is 0 Å². The number of hydrogen-bond acceptors (Lipinski definition) is 4. The third-order valence-corrected chi connectivity index (χ3v) is 5.10. The first-order chi connectivity index (χ1) is 9.48. The number of rotatable bonds is 2. The molecule has 0 aliphatic rings. The molecule has 0 aliphatic heterocycles. The van der Waals surface area contributed by atoms with Gasteiger partial charge in [0.25, 0.3) is 0 Å². The van der Waals surface area contributed by atoms with Crippen molar-refractivity contribution in [2.45, 2.75) is 21.9 Å². The minimum Gasteiger partial charge on any atom is -0.333 e. The minimum atomic E-state index is -3.59. The van der Waals surface area contributed by atoms with E-state index in [4.69, 9.17) is 0 Å². The highest BCUT2D eigenvalue weighted by molar-refractivity contribution is 7.91. The van der Waals surface area contributed by atoms with Gasteiger partial charge in [0.05, 0.1) is 15.3 Å². The van der Waals surface area contributed by atoms with Crippen LogP contribution in [0.3, 0.4) is 0 Å². The monoisotopic (exact) mass is 304 g/mol. The van der Waals surface area contributed by atoms with Gasteiger partial charge in [-0.1, -0.05) is 23.8 Å². The number of sulfone groups is 1. The molecule has 0 bridgehead atoms. The Bertz CT molecular complexity index is 881. The van der Waals surface area contributed by atoms with Gasteiger partial charge in [-0.25, -0.2) is 13.4 Å². The van der Waals surface area contributed by atoms with Crippen LogP contribution in [0.4, 0.5) is 0 Å². The van der Waals surface area contributed by atoms with Crippen molar-refractivity contribution in [1.29, 1.82) is 0 Å². The Morgan fingerprint density at radius 3 is 2.50 bits per heavy atom. The number of para-hydroxylation sites is 1. The molecule has 0 atom stereocenters. The molecule has 1 N–H and O–H groups in total. The first-order valence-corrected chi connectivity index (χ1v) is 7.91. The van der Waals surface area contributed by atoms with Crippen LogP contribution >= 0.6 is 12.6 Å². The van der Waals surface area contributed by atoms with Crippen LogP contribution < -0.4 is 0 Å². The van der Waals surface area contributed by atoms with Gasteiger partial charge in [-0.3, -0.25) is 0 Å². The maximum Gasteiger partial charge on any atom is 0.208 e. The van der Waals surface area contributed by atoms with Crippen molar-refractivity contribution in [2.75, 3.05) is 0 Å². The molecule has 4 nitrogen and oxygen atoms in total. The molecule has 3 aromatic rings. The van der Waals surface area contributed by atoms with Crippen molar-refractivity contribution >= 4 is 33.5 Å². The fourth-order valence-electron chi connectivity index (χ4n) is 2.05. The summed E-state index contributed by atoms with van der Waals surface area (Å²) in [5, 5.41) is 0.395. The molecule has 0 saturated heterocycles. The average molecular weight is 304 g/mol. The number of aromatic nitrogens is 2. The number of benzene rings is 2. The lowest BCUT2D eigenvalue weighted by atomic mass is 10.2. The molecule has 2 aromatic carbocycles. The molecule has 0 fully saturated rings. The summed E-state index contributed by atoms with van der Waals surface area (Å²) >= 11 is 4.13. The van der Waals surface area contributed by atoms with E-state index in [0.717, 1.165) is 5.56 Å². The van der Waals surface area contributed by atoms with E-state index in [2.05, 4.69) is 22.6 Å². The quantitative estimate of drug-likeness (QED) is 0.715. The van der Waals surface area contributed by atoms with E-state index in [9.17, 15) is 8.42 Å². The summed E-state index contributed by atoms with van der Waals surface area (Å²) in [6.07, 6.45) is 0. The molecule has 6 heteroatoms. The van der Waals surface area contributed by atoms with Crippen molar-refractivity contribution in [3.63, 3.8) is 0 Å². The van der Waals surface area contributed by atoms with Gasteiger partial charge in [-0.15, -0.1) is 12.6 Å². The molecule has 0 radical (unpaired) electrons. The molecule has 1 aromatic heterocycles. The molecule has 0 spiro atoms. The van der Waals surface area contributed by atoms with Crippen LogP contribution in [-0.4, -0.2) is 18.4 Å². The third-order valence-electron chi connectivity index (χ3n) is 3.08. The zero-order valence-electron chi connectivity index (χ0n) is 10.7. The predicted octanol–water partition coefficient (Wildman–Crippen LogP) is 2.99. The fourth-order valence-corrected chi connectivity index (χ4v) is 3.69. The second kappa shape index (κ2) is 4.64. The number of hydrogen-bond donors (Lipinski definition) is 2. The van der Waals surface area contributed by atoms with Gasteiger partial charge in [0, 0.05) is 0 Å². The maximum atomic E-state index is 12.7. The smallest absolute Gasteiger partial charge is 0.208 e. The van der Waals surface area contributed by atoms with Gasteiger partial charge in [-0.05, 0) is 31.2 Å². The Kier molecular flexibility index (Phi) is 3.07. The Hall–Kier alpha value is -1.79. The van der Waals surface area contributed by atoms with Gasteiger partial charge in [-0.2, -0.15) is 0 Å². The lowest BCUT2D eigenvalue weighted by Crippen LogP contribution is -2.02. The highest BCUT2D eigenvalue weighted by atomic mass is 32.2. The molecule has 0 saturated carbocycles. The Balaban J connectivity index is 2.26. The SMILES string of the molecule is Cc1ccc(S(=O)(=O)c2cccc3[nH]c(S)nc23)cc1. The molecular formula is C14H12N2O2S2. The minimum absolute atomic E-state index is 0.190. The zero-order valence-corrected chi connectivity index (χ0v) is 12.4. The zero-order chi connectivity index (χ0) is 14.3. The number of aromatic amines is 1. The van der Waals surface area contributed by atoms with Crippen LogP contribution in [0.1, 0.15) is 5.56 Å². The Morgan fingerprint density at radius 2 is 1.80 bits per heavy atom. The summed E-state index contributed by atoms with van der Waals surface area (Å²) in [4.78, 5) is 7.53. The summed E-state index contributed by atoms with van der Waals surface area (Å²) in [7, 11) is -3.59.